The molecule has 1 saturated heterocycles. The second kappa shape index (κ2) is 8.30. The smallest absolute Gasteiger partial charge is 0.251 e. The highest BCUT2D eigenvalue weighted by Gasteiger charge is 2.29. The lowest BCUT2D eigenvalue weighted by Crippen LogP contribution is -2.39. The van der Waals surface area contributed by atoms with Crippen molar-refractivity contribution < 1.29 is 9.59 Å². The molecule has 1 atom stereocenters. The van der Waals surface area contributed by atoms with Gasteiger partial charge in [-0.2, -0.15) is 0 Å². The predicted molar refractivity (Wildman–Crippen MR) is 98.9 cm³/mol. The van der Waals surface area contributed by atoms with Crippen molar-refractivity contribution in [1.29, 1.82) is 0 Å². The van der Waals surface area contributed by atoms with E-state index in [1.165, 1.54) is 6.42 Å². The fourth-order valence-corrected chi connectivity index (χ4v) is 3.76. The Morgan fingerprint density at radius 2 is 2.00 bits per heavy atom. The molecule has 2 amide bonds. The lowest BCUT2D eigenvalue weighted by molar-refractivity contribution is -0.122. The largest absolute Gasteiger partial charge is 0.368 e. The SMILES string of the molecule is NC(=O)C1CCCN1Cc1ccccc1NC(=O)C1=CCCCCC1. The van der Waals surface area contributed by atoms with Gasteiger partial charge >= 0.3 is 0 Å². The molecule has 134 valence electrons. The van der Waals surface area contributed by atoms with Crippen LogP contribution in [0.4, 0.5) is 5.69 Å². The Bertz CT molecular complexity index is 669. The van der Waals surface area contributed by atoms with Crippen LogP contribution in [0.15, 0.2) is 35.9 Å². The minimum Gasteiger partial charge on any atom is -0.368 e. The number of hydrogen-bond acceptors (Lipinski definition) is 3. The second-order valence-corrected chi connectivity index (χ2v) is 6.97. The fraction of sp³-hybridized carbons (Fsp3) is 0.500. The van der Waals surface area contributed by atoms with Gasteiger partial charge < -0.3 is 11.1 Å². The van der Waals surface area contributed by atoms with Gasteiger partial charge in [-0.05, 0) is 56.7 Å². The van der Waals surface area contributed by atoms with E-state index in [9.17, 15) is 9.59 Å². The molecule has 3 N–H and O–H groups in total. The number of nitrogens with zero attached hydrogens (tertiary/aromatic N) is 1. The van der Waals surface area contributed by atoms with Crippen LogP contribution in [-0.4, -0.2) is 29.3 Å². The van der Waals surface area contributed by atoms with E-state index >= 15 is 0 Å². The number of amides is 2. The monoisotopic (exact) mass is 341 g/mol. The molecule has 0 saturated carbocycles. The summed E-state index contributed by atoms with van der Waals surface area (Å²) >= 11 is 0. The van der Waals surface area contributed by atoms with E-state index in [-0.39, 0.29) is 17.9 Å². The molecule has 0 radical (unpaired) electrons. The number of rotatable bonds is 5. The molecule has 1 aliphatic carbocycles. The average molecular weight is 341 g/mol. The molecule has 2 aliphatic rings. The van der Waals surface area contributed by atoms with Crippen molar-refractivity contribution in [2.75, 3.05) is 11.9 Å². The molecule has 3 rings (SSSR count). The van der Waals surface area contributed by atoms with Crippen molar-refractivity contribution >= 4 is 17.5 Å². The minimum absolute atomic E-state index is 0.00206. The fourth-order valence-electron chi connectivity index (χ4n) is 3.76. The van der Waals surface area contributed by atoms with Crippen molar-refractivity contribution in [2.45, 2.75) is 57.5 Å². The van der Waals surface area contributed by atoms with Crippen LogP contribution in [0.5, 0.6) is 0 Å². The van der Waals surface area contributed by atoms with E-state index in [2.05, 4.69) is 16.3 Å². The molecule has 0 aromatic heterocycles. The number of nitrogens with one attached hydrogen (secondary N) is 1. The summed E-state index contributed by atoms with van der Waals surface area (Å²) in [5, 5.41) is 3.08. The standard InChI is InChI=1S/C20H27N3O2/c21-19(24)18-12-7-13-23(18)14-16-10-5-6-11-17(16)22-20(25)15-8-3-1-2-4-9-15/h5-6,8,10-11,18H,1-4,7,9,12-14H2,(H2,21,24)(H,22,25). The molecule has 1 heterocycles. The van der Waals surface area contributed by atoms with Gasteiger partial charge in [-0.15, -0.1) is 0 Å². The Balaban J connectivity index is 1.71. The van der Waals surface area contributed by atoms with Crippen molar-refractivity contribution in [3.8, 4) is 0 Å². The first kappa shape index (κ1) is 17.7. The minimum atomic E-state index is -0.261. The van der Waals surface area contributed by atoms with Gasteiger partial charge in [0.1, 0.15) is 0 Å². The zero-order valence-corrected chi connectivity index (χ0v) is 14.7. The first-order valence-electron chi connectivity index (χ1n) is 9.27. The van der Waals surface area contributed by atoms with Crippen LogP contribution in [0.3, 0.4) is 0 Å². The second-order valence-electron chi connectivity index (χ2n) is 6.97. The summed E-state index contributed by atoms with van der Waals surface area (Å²) in [6.45, 7) is 1.49. The molecule has 5 heteroatoms. The number of primary amides is 1. The Hall–Kier alpha value is -2.14. The summed E-state index contributed by atoms with van der Waals surface area (Å²) < 4.78 is 0. The van der Waals surface area contributed by atoms with Crippen molar-refractivity contribution in [2.24, 2.45) is 5.73 Å². The molecule has 5 nitrogen and oxygen atoms in total. The van der Waals surface area contributed by atoms with Gasteiger partial charge in [0.05, 0.1) is 6.04 Å². The molecule has 1 aromatic carbocycles. The van der Waals surface area contributed by atoms with Crippen LogP contribution >= 0.6 is 0 Å². The summed E-state index contributed by atoms with van der Waals surface area (Å²) in [5.74, 6) is -0.259. The van der Waals surface area contributed by atoms with Gasteiger partial charge in [0, 0.05) is 17.8 Å². The third-order valence-corrected chi connectivity index (χ3v) is 5.16. The van der Waals surface area contributed by atoms with Gasteiger partial charge in [0.15, 0.2) is 0 Å². The Kier molecular flexibility index (Phi) is 5.87. The van der Waals surface area contributed by atoms with Crippen LogP contribution < -0.4 is 11.1 Å². The Labute approximate surface area is 149 Å². The maximum absolute atomic E-state index is 12.6. The molecule has 1 aliphatic heterocycles. The summed E-state index contributed by atoms with van der Waals surface area (Å²) in [7, 11) is 0. The number of carbonyl (C=O) groups excluding carboxylic acids is 2. The summed E-state index contributed by atoms with van der Waals surface area (Å²) in [6, 6.07) is 7.63. The number of hydrogen-bond donors (Lipinski definition) is 2. The number of allylic oxidation sites excluding steroid dienone is 1. The van der Waals surface area contributed by atoms with Crippen LogP contribution in [0.25, 0.3) is 0 Å². The normalized spacial score (nSPS) is 21.4. The van der Waals surface area contributed by atoms with E-state index in [4.69, 9.17) is 5.73 Å². The van der Waals surface area contributed by atoms with E-state index in [0.29, 0.717) is 6.54 Å². The Morgan fingerprint density at radius 3 is 2.84 bits per heavy atom. The van der Waals surface area contributed by atoms with E-state index in [0.717, 1.165) is 61.9 Å². The van der Waals surface area contributed by atoms with Crippen molar-refractivity contribution in [3.63, 3.8) is 0 Å². The van der Waals surface area contributed by atoms with Gasteiger partial charge in [-0.3, -0.25) is 14.5 Å². The molecule has 1 aromatic rings. The number of likely N-dealkylation sites (tertiary alicyclic amines) is 1. The van der Waals surface area contributed by atoms with Gasteiger partial charge in [0.2, 0.25) is 5.91 Å². The first-order chi connectivity index (χ1) is 12.1. The first-order valence-corrected chi connectivity index (χ1v) is 9.27. The highest BCUT2D eigenvalue weighted by molar-refractivity contribution is 6.04. The van der Waals surface area contributed by atoms with Crippen LogP contribution in [0.2, 0.25) is 0 Å². The van der Waals surface area contributed by atoms with Gasteiger partial charge in [0.25, 0.3) is 5.91 Å². The third kappa shape index (κ3) is 4.48. The van der Waals surface area contributed by atoms with Crippen LogP contribution in [0.1, 0.15) is 50.5 Å². The maximum atomic E-state index is 12.6. The lowest BCUT2D eigenvalue weighted by Gasteiger charge is -2.23. The van der Waals surface area contributed by atoms with E-state index in [1.807, 2.05) is 24.3 Å². The third-order valence-electron chi connectivity index (χ3n) is 5.16. The summed E-state index contributed by atoms with van der Waals surface area (Å²) in [6.07, 6.45) is 9.14. The quantitative estimate of drug-likeness (QED) is 0.864. The number of benzene rings is 1. The number of para-hydroxylation sites is 1. The molecular weight excluding hydrogens is 314 g/mol. The van der Waals surface area contributed by atoms with Crippen LogP contribution in [-0.2, 0) is 16.1 Å². The molecule has 0 spiro atoms. The van der Waals surface area contributed by atoms with E-state index in [1.54, 1.807) is 0 Å². The van der Waals surface area contributed by atoms with Gasteiger partial charge in [-0.25, -0.2) is 0 Å². The highest BCUT2D eigenvalue weighted by Crippen LogP contribution is 2.25. The molecule has 0 bridgehead atoms. The predicted octanol–water partition coefficient (Wildman–Crippen LogP) is 2.97. The molecular formula is C20H27N3O2. The summed E-state index contributed by atoms with van der Waals surface area (Å²) in [4.78, 5) is 26.3. The van der Waals surface area contributed by atoms with Crippen LogP contribution in [0, 0.1) is 0 Å². The van der Waals surface area contributed by atoms with Gasteiger partial charge in [-0.1, -0.05) is 30.7 Å². The molecule has 1 fully saturated rings. The van der Waals surface area contributed by atoms with Crippen molar-refractivity contribution in [1.82, 2.24) is 4.90 Å². The number of nitrogens with two attached hydrogens (primary N) is 1. The topological polar surface area (TPSA) is 75.4 Å². The van der Waals surface area contributed by atoms with Crippen molar-refractivity contribution in [3.05, 3.63) is 41.5 Å². The highest BCUT2D eigenvalue weighted by atomic mass is 16.2. The zero-order valence-electron chi connectivity index (χ0n) is 14.7. The lowest BCUT2D eigenvalue weighted by atomic mass is 10.1. The summed E-state index contributed by atoms with van der Waals surface area (Å²) in [5.41, 5.74) is 8.26. The molecule has 1 unspecified atom stereocenters. The average Bonchev–Trinajstić information content (AvgIpc) is 2.89. The zero-order chi connectivity index (χ0) is 17.6. The maximum Gasteiger partial charge on any atom is 0.251 e. The van der Waals surface area contributed by atoms with E-state index < -0.39 is 0 Å². The molecule has 25 heavy (non-hydrogen) atoms. The Morgan fingerprint density at radius 1 is 1.16 bits per heavy atom. The number of carbonyl (C=O) groups is 2. The number of anilines is 1.